The lowest BCUT2D eigenvalue weighted by Gasteiger charge is -2.12. The number of nitrogens with one attached hydrogen (secondary N) is 1. The third kappa shape index (κ3) is 4.12. The lowest BCUT2D eigenvalue weighted by Crippen LogP contribution is -2.07. The maximum absolute atomic E-state index is 12.7. The molecule has 0 radical (unpaired) electrons. The first-order chi connectivity index (χ1) is 9.90. The van der Waals surface area contributed by atoms with Crippen LogP contribution < -0.4 is 5.32 Å². The summed E-state index contributed by atoms with van der Waals surface area (Å²) in [5, 5.41) is 15.3. The van der Waals surface area contributed by atoms with Crippen molar-refractivity contribution < 1.29 is 18.3 Å². The molecule has 8 heteroatoms. The summed E-state index contributed by atoms with van der Waals surface area (Å²) in [6, 6.07) is 3.66. The van der Waals surface area contributed by atoms with E-state index in [2.05, 4.69) is 10.4 Å². The molecule has 0 saturated heterocycles. The first-order valence-electron chi connectivity index (χ1n) is 6.13. The third-order valence-corrected chi connectivity index (χ3v) is 3.11. The summed E-state index contributed by atoms with van der Waals surface area (Å²) in [6.07, 6.45) is -1.19. The number of benzene rings is 1. The fourth-order valence-corrected chi connectivity index (χ4v) is 2.00. The van der Waals surface area contributed by atoms with E-state index < -0.39 is 11.7 Å². The monoisotopic (exact) mass is 319 g/mol. The van der Waals surface area contributed by atoms with Gasteiger partial charge in [0.25, 0.3) is 0 Å². The molecule has 0 aliphatic rings. The number of aromatic nitrogens is 2. The minimum absolute atomic E-state index is 0.0271. The Morgan fingerprint density at radius 2 is 2.10 bits per heavy atom. The standard InChI is InChI=1S/C13H13ClF3N3O/c14-12-2-1-10(5-11(12)13(15,16)17)18-6-9-7-19-20(8-9)3-4-21/h1-2,5,7-8,18,21H,3-4,6H2. The minimum Gasteiger partial charge on any atom is -0.394 e. The van der Waals surface area contributed by atoms with Crippen LogP contribution in [0.25, 0.3) is 0 Å². The molecule has 0 atom stereocenters. The van der Waals surface area contributed by atoms with Crippen molar-refractivity contribution in [2.24, 2.45) is 0 Å². The van der Waals surface area contributed by atoms with E-state index in [9.17, 15) is 13.2 Å². The topological polar surface area (TPSA) is 50.1 Å². The SMILES string of the molecule is OCCn1cc(CNc2ccc(Cl)c(C(F)(F)F)c2)cn1. The van der Waals surface area contributed by atoms with Gasteiger partial charge in [-0.3, -0.25) is 4.68 Å². The fraction of sp³-hybridized carbons (Fsp3) is 0.308. The number of nitrogens with zero attached hydrogens (tertiary/aromatic N) is 2. The van der Waals surface area contributed by atoms with Gasteiger partial charge < -0.3 is 10.4 Å². The van der Waals surface area contributed by atoms with Crippen LogP contribution in [-0.2, 0) is 19.3 Å². The van der Waals surface area contributed by atoms with Crippen molar-refractivity contribution in [3.8, 4) is 0 Å². The summed E-state index contributed by atoms with van der Waals surface area (Å²) in [4.78, 5) is 0. The van der Waals surface area contributed by atoms with Gasteiger partial charge in [-0.2, -0.15) is 18.3 Å². The molecular weight excluding hydrogens is 307 g/mol. The Labute approximate surface area is 124 Å². The number of halogens is 4. The number of anilines is 1. The lowest BCUT2D eigenvalue weighted by atomic mass is 10.2. The van der Waals surface area contributed by atoms with E-state index in [1.54, 1.807) is 17.1 Å². The van der Waals surface area contributed by atoms with Crippen molar-refractivity contribution in [3.05, 3.63) is 46.7 Å². The highest BCUT2D eigenvalue weighted by atomic mass is 35.5. The van der Waals surface area contributed by atoms with Crippen molar-refractivity contribution in [1.29, 1.82) is 0 Å². The van der Waals surface area contributed by atoms with Gasteiger partial charge in [0.2, 0.25) is 0 Å². The van der Waals surface area contributed by atoms with Crippen molar-refractivity contribution in [3.63, 3.8) is 0 Å². The highest BCUT2D eigenvalue weighted by molar-refractivity contribution is 6.31. The van der Waals surface area contributed by atoms with Crippen molar-refractivity contribution in [1.82, 2.24) is 9.78 Å². The van der Waals surface area contributed by atoms with E-state index in [0.29, 0.717) is 18.8 Å². The number of rotatable bonds is 5. The maximum Gasteiger partial charge on any atom is 0.417 e. The van der Waals surface area contributed by atoms with Crippen LogP contribution in [0.15, 0.2) is 30.6 Å². The van der Waals surface area contributed by atoms with Gasteiger partial charge in [0.15, 0.2) is 0 Å². The molecule has 1 heterocycles. The van der Waals surface area contributed by atoms with Crippen molar-refractivity contribution in [2.75, 3.05) is 11.9 Å². The molecular formula is C13H13ClF3N3O. The number of hydrogen-bond donors (Lipinski definition) is 2. The Bertz CT molecular complexity index is 613. The largest absolute Gasteiger partial charge is 0.417 e. The maximum atomic E-state index is 12.7. The Kier molecular flexibility index (Phi) is 4.74. The van der Waals surface area contributed by atoms with E-state index in [1.165, 1.54) is 12.1 Å². The van der Waals surface area contributed by atoms with Crippen LogP contribution >= 0.6 is 11.6 Å². The van der Waals surface area contributed by atoms with Crippen LogP contribution in [0.1, 0.15) is 11.1 Å². The predicted octanol–water partition coefficient (Wildman–Crippen LogP) is 3.16. The van der Waals surface area contributed by atoms with Crippen LogP contribution in [0.4, 0.5) is 18.9 Å². The van der Waals surface area contributed by atoms with Gasteiger partial charge in [-0.25, -0.2) is 0 Å². The first kappa shape index (κ1) is 15.7. The van der Waals surface area contributed by atoms with Crippen LogP contribution in [0.3, 0.4) is 0 Å². The lowest BCUT2D eigenvalue weighted by molar-refractivity contribution is -0.137. The van der Waals surface area contributed by atoms with Gasteiger partial charge in [-0.15, -0.1) is 0 Å². The molecule has 4 nitrogen and oxygen atoms in total. The van der Waals surface area contributed by atoms with Gasteiger partial charge in [0, 0.05) is 24.0 Å². The van der Waals surface area contributed by atoms with Crippen LogP contribution in [0.5, 0.6) is 0 Å². The summed E-state index contributed by atoms with van der Waals surface area (Å²) in [5.41, 5.74) is 0.249. The van der Waals surface area contributed by atoms with E-state index >= 15 is 0 Å². The van der Waals surface area contributed by atoms with Crippen LogP contribution in [0.2, 0.25) is 5.02 Å². The quantitative estimate of drug-likeness (QED) is 0.890. The van der Waals surface area contributed by atoms with Crippen LogP contribution in [0, 0.1) is 0 Å². The summed E-state index contributed by atoms with van der Waals surface area (Å²) >= 11 is 5.55. The van der Waals surface area contributed by atoms with E-state index in [-0.39, 0.29) is 11.6 Å². The Morgan fingerprint density at radius 3 is 2.76 bits per heavy atom. The normalized spacial score (nSPS) is 11.7. The summed E-state index contributed by atoms with van der Waals surface area (Å²) in [7, 11) is 0. The second kappa shape index (κ2) is 6.36. The summed E-state index contributed by atoms with van der Waals surface area (Å²) in [5.74, 6) is 0. The third-order valence-electron chi connectivity index (χ3n) is 2.78. The van der Waals surface area contributed by atoms with Gasteiger partial charge in [-0.1, -0.05) is 11.6 Å². The Morgan fingerprint density at radius 1 is 1.33 bits per heavy atom. The van der Waals surface area contributed by atoms with Gasteiger partial charge in [0.1, 0.15) is 0 Å². The second-order valence-electron chi connectivity index (χ2n) is 4.38. The summed E-state index contributed by atoms with van der Waals surface area (Å²) < 4.78 is 39.7. The zero-order valence-corrected chi connectivity index (χ0v) is 11.6. The molecule has 1 aromatic heterocycles. The Balaban J connectivity index is 2.06. The molecule has 1 aromatic carbocycles. The minimum atomic E-state index is -4.49. The molecule has 2 aromatic rings. The highest BCUT2D eigenvalue weighted by Gasteiger charge is 2.33. The van der Waals surface area contributed by atoms with Gasteiger partial charge in [-0.05, 0) is 18.2 Å². The molecule has 0 fully saturated rings. The molecule has 0 aliphatic heterocycles. The molecule has 0 unspecified atom stereocenters. The molecule has 0 saturated carbocycles. The number of hydrogen-bond acceptors (Lipinski definition) is 3. The van der Waals surface area contributed by atoms with E-state index in [1.807, 2.05) is 0 Å². The molecule has 2 rings (SSSR count). The number of aliphatic hydroxyl groups excluding tert-OH is 1. The second-order valence-corrected chi connectivity index (χ2v) is 4.79. The highest BCUT2D eigenvalue weighted by Crippen LogP contribution is 2.36. The number of alkyl halides is 3. The molecule has 0 spiro atoms. The van der Waals surface area contributed by atoms with Gasteiger partial charge in [0.05, 0.1) is 29.9 Å². The number of aliphatic hydroxyl groups is 1. The zero-order chi connectivity index (χ0) is 15.5. The first-order valence-corrected chi connectivity index (χ1v) is 6.51. The average molecular weight is 320 g/mol. The molecule has 0 bridgehead atoms. The molecule has 2 N–H and O–H groups in total. The predicted molar refractivity (Wildman–Crippen MR) is 73.1 cm³/mol. The van der Waals surface area contributed by atoms with Crippen molar-refractivity contribution in [2.45, 2.75) is 19.3 Å². The van der Waals surface area contributed by atoms with E-state index in [4.69, 9.17) is 16.7 Å². The fourth-order valence-electron chi connectivity index (χ4n) is 1.78. The Hall–Kier alpha value is -1.73. The smallest absolute Gasteiger partial charge is 0.394 e. The van der Waals surface area contributed by atoms with Crippen molar-refractivity contribution >= 4 is 17.3 Å². The average Bonchev–Trinajstić information content (AvgIpc) is 2.85. The van der Waals surface area contributed by atoms with Gasteiger partial charge >= 0.3 is 6.18 Å². The zero-order valence-electron chi connectivity index (χ0n) is 10.9. The molecule has 21 heavy (non-hydrogen) atoms. The summed E-state index contributed by atoms with van der Waals surface area (Å²) in [6.45, 7) is 0.671. The molecule has 114 valence electrons. The molecule has 0 amide bonds. The molecule has 0 aliphatic carbocycles. The van der Waals surface area contributed by atoms with Crippen LogP contribution in [-0.4, -0.2) is 21.5 Å². The van der Waals surface area contributed by atoms with E-state index in [0.717, 1.165) is 11.6 Å².